The van der Waals surface area contributed by atoms with Crippen molar-refractivity contribution in [3.63, 3.8) is 0 Å². The van der Waals surface area contributed by atoms with Gasteiger partial charge in [0.15, 0.2) is 0 Å². The number of nitrogens with zero attached hydrogens (tertiary/aromatic N) is 2. The molecule has 0 atom stereocenters. The highest BCUT2D eigenvalue weighted by Gasteiger charge is 2.27. The average Bonchev–Trinajstić information content (AvgIpc) is 3.27. The second-order valence-corrected chi connectivity index (χ2v) is 7.44. The largest absolute Gasteiger partial charge is 0.469 e. The zero-order valence-electron chi connectivity index (χ0n) is 17.1. The van der Waals surface area contributed by atoms with E-state index in [9.17, 15) is 18.8 Å². The number of amides is 2. The van der Waals surface area contributed by atoms with Gasteiger partial charge in [0, 0.05) is 44.9 Å². The second kappa shape index (κ2) is 8.59. The molecule has 1 N–H and O–H groups in total. The summed E-state index contributed by atoms with van der Waals surface area (Å²) in [7, 11) is 0. The number of aromatic nitrogens is 1. The van der Waals surface area contributed by atoms with Gasteiger partial charge in [-0.1, -0.05) is 0 Å². The van der Waals surface area contributed by atoms with Crippen molar-refractivity contribution >= 4 is 11.8 Å². The molecule has 3 heterocycles. The molecule has 2 aromatic heterocycles. The van der Waals surface area contributed by atoms with Gasteiger partial charge in [-0.2, -0.15) is 0 Å². The smallest absolute Gasteiger partial charge is 0.268 e. The summed E-state index contributed by atoms with van der Waals surface area (Å²) in [5, 5.41) is 2.80. The molecule has 0 radical (unpaired) electrons. The van der Waals surface area contributed by atoms with Crippen molar-refractivity contribution in [3.05, 3.63) is 87.5 Å². The Hall–Kier alpha value is -3.68. The van der Waals surface area contributed by atoms with Crippen LogP contribution in [0, 0.1) is 5.82 Å². The average molecular weight is 423 g/mol. The van der Waals surface area contributed by atoms with Gasteiger partial charge in [0.25, 0.3) is 11.5 Å². The van der Waals surface area contributed by atoms with Gasteiger partial charge in [0.1, 0.15) is 17.1 Å². The summed E-state index contributed by atoms with van der Waals surface area (Å²) in [6.07, 6.45) is 4.11. The highest BCUT2D eigenvalue weighted by Crippen LogP contribution is 2.22. The van der Waals surface area contributed by atoms with E-state index in [1.54, 1.807) is 23.4 Å². The highest BCUT2D eigenvalue weighted by atomic mass is 19.1. The molecule has 7 nitrogen and oxygen atoms in total. The number of hydrogen-bond acceptors (Lipinski definition) is 4. The standard InChI is InChI=1S/C23H22FN3O4/c1-15(28)26-11-9-20-16(13-26)14-27(18-6-4-17(24)5-7-18)23(30)21(20)22(29)25-10-8-19-3-2-12-31-19/h2-7,12,14H,8-11,13H2,1H3,(H,25,29). The van der Waals surface area contributed by atoms with Crippen molar-refractivity contribution in [3.8, 4) is 5.69 Å². The van der Waals surface area contributed by atoms with E-state index in [0.717, 1.165) is 11.3 Å². The topological polar surface area (TPSA) is 84.5 Å². The molecule has 0 saturated carbocycles. The predicted octanol–water partition coefficient (Wildman–Crippen LogP) is 2.45. The van der Waals surface area contributed by atoms with Gasteiger partial charge in [-0.05, 0) is 53.9 Å². The van der Waals surface area contributed by atoms with Crippen LogP contribution in [0.4, 0.5) is 4.39 Å². The van der Waals surface area contributed by atoms with E-state index in [0.29, 0.717) is 43.7 Å². The van der Waals surface area contributed by atoms with Crippen LogP contribution in [-0.2, 0) is 24.2 Å². The molecule has 160 valence electrons. The van der Waals surface area contributed by atoms with Crippen molar-refractivity contribution in [2.45, 2.75) is 26.3 Å². The first kappa shape index (κ1) is 20.6. The van der Waals surface area contributed by atoms with Crippen LogP contribution in [0.25, 0.3) is 5.69 Å². The maximum Gasteiger partial charge on any atom is 0.268 e. The SMILES string of the molecule is CC(=O)N1CCc2c(cn(-c3ccc(F)cc3)c(=O)c2C(=O)NCCc2ccco2)C1. The van der Waals surface area contributed by atoms with E-state index >= 15 is 0 Å². The number of hydrogen-bond donors (Lipinski definition) is 1. The minimum Gasteiger partial charge on any atom is -0.469 e. The molecule has 1 aliphatic rings. The van der Waals surface area contributed by atoms with Gasteiger partial charge >= 0.3 is 0 Å². The van der Waals surface area contributed by atoms with Crippen molar-refractivity contribution in [2.24, 2.45) is 0 Å². The molecule has 0 saturated heterocycles. The van der Waals surface area contributed by atoms with Crippen LogP contribution < -0.4 is 10.9 Å². The number of rotatable bonds is 5. The minimum absolute atomic E-state index is 0.0597. The van der Waals surface area contributed by atoms with E-state index < -0.39 is 17.3 Å². The van der Waals surface area contributed by atoms with Crippen molar-refractivity contribution < 1.29 is 18.4 Å². The fraction of sp³-hybridized carbons (Fsp3) is 0.261. The van der Waals surface area contributed by atoms with Gasteiger partial charge in [0.05, 0.1) is 6.26 Å². The molecule has 0 spiro atoms. The van der Waals surface area contributed by atoms with E-state index in [4.69, 9.17) is 4.42 Å². The number of pyridine rings is 1. The molecule has 0 fully saturated rings. The summed E-state index contributed by atoms with van der Waals surface area (Å²) in [5.74, 6) is -0.236. The molecule has 0 unspecified atom stereocenters. The lowest BCUT2D eigenvalue weighted by Gasteiger charge is -2.29. The molecule has 4 rings (SSSR count). The van der Waals surface area contributed by atoms with Crippen molar-refractivity contribution in [1.82, 2.24) is 14.8 Å². The normalized spacial score (nSPS) is 13.0. The fourth-order valence-corrected chi connectivity index (χ4v) is 3.79. The van der Waals surface area contributed by atoms with Crippen molar-refractivity contribution in [1.29, 1.82) is 0 Å². The third-order valence-electron chi connectivity index (χ3n) is 5.41. The zero-order valence-corrected chi connectivity index (χ0v) is 17.1. The lowest BCUT2D eigenvalue weighted by molar-refractivity contribution is -0.129. The number of carbonyl (C=O) groups excluding carboxylic acids is 2. The Bertz CT molecular complexity index is 1170. The number of halogens is 1. The fourth-order valence-electron chi connectivity index (χ4n) is 3.79. The third kappa shape index (κ3) is 4.28. The minimum atomic E-state index is -0.475. The van der Waals surface area contributed by atoms with Crippen molar-refractivity contribution in [2.75, 3.05) is 13.1 Å². The van der Waals surface area contributed by atoms with Gasteiger partial charge < -0.3 is 14.6 Å². The van der Waals surface area contributed by atoms with E-state index in [1.807, 2.05) is 6.07 Å². The molecule has 31 heavy (non-hydrogen) atoms. The lowest BCUT2D eigenvalue weighted by Crippen LogP contribution is -2.40. The Morgan fingerprint density at radius 2 is 1.97 bits per heavy atom. The first-order chi connectivity index (χ1) is 14.9. The molecule has 3 aromatic rings. The van der Waals surface area contributed by atoms with E-state index in [-0.39, 0.29) is 11.5 Å². The van der Waals surface area contributed by atoms with Crippen LogP contribution in [0.5, 0.6) is 0 Å². The molecule has 2 amide bonds. The van der Waals surface area contributed by atoms with Crippen LogP contribution >= 0.6 is 0 Å². The van der Waals surface area contributed by atoms with Crippen LogP contribution in [-0.4, -0.2) is 34.4 Å². The van der Waals surface area contributed by atoms with Crippen LogP contribution in [0.3, 0.4) is 0 Å². The Morgan fingerprint density at radius 1 is 1.19 bits per heavy atom. The summed E-state index contributed by atoms with van der Waals surface area (Å²) in [6.45, 7) is 2.54. The second-order valence-electron chi connectivity index (χ2n) is 7.44. The monoisotopic (exact) mass is 423 g/mol. The Balaban J connectivity index is 1.71. The van der Waals surface area contributed by atoms with Gasteiger partial charge in [-0.15, -0.1) is 0 Å². The molecule has 8 heteroatoms. The summed E-state index contributed by atoms with van der Waals surface area (Å²) in [6, 6.07) is 9.06. The summed E-state index contributed by atoms with van der Waals surface area (Å²) >= 11 is 0. The van der Waals surface area contributed by atoms with E-state index in [1.165, 1.54) is 35.8 Å². The maximum absolute atomic E-state index is 13.4. The zero-order chi connectivity index (χ0) is 22.0. The third-order valence-corrected chi connectivity index (χ3v) is 5.41. The summed E-state index contributed by atoms with van der Waals surface area (Å²) in [4.78, 5) is 39.8. The Labute approximate surface area is 178 Å². The lowest BCUT2D eigenvalue weighted by atomic mass is 9.95. The molecule has 0 aliphatic carbocycles. The molecule has 0 bridgehead atoms. The first-order valence-corrected chi connectivity index (χ1v) is 10.0. The van der Waals surface area contributed by atoms with Gasteiger partial charge in [0.2, 0.25) is 5.91 Å². The number of nitrogens with one attached hydrogen (secondary N) is 1. The first-order valence-electron chi connectivity index (χ1n) is 10.0. The molecular formula is C23H22FN3O4. The van der Waals surface area contributed by atoms with Crippen LogP contribution in [0.15, 0.2) is 58.1 Å². The quantitative estimate of drug-likeness (QED) is 0.683. The number of benzene rings is 1. The maximum atomic E-state index is 13.4. The molecular weight excluding hydrogens is 401 g/mol. The van der Waals surface area contributed by atoms with Gasteiger partial charge in [-0.25, -0.2) is 4.39 Å². The summed E-state index contributed by atoms with van der Waals surface area (Å²) in [5.41, 5.74) is 1.40. The summed E-state index contributed by atoms with van der Waals surface area (Å²) < 4.78 is 20.0. The molecule has 1 aromatic carbocycles. The number of carbonyl (C=O) groups is 2. The van der Waals surface area contributed by atoms with Crippen LogP contribution in [0.1, 0.15) is 34.2 Å². The van der Waals surface area contributed by atoms with Gasteiger partial charge in [-0.3, -0.25) is 19.0 Å². The molecule has 1 aliphatic heterocycles. The number of furan rings is 1. The predicted molar refractivity (Wildman–Crippen MR) is 112 cm³/mol. The van der Waals surface area contributed by atoms with Crippen LogP contribution in [0.2, 0.25) is 0 Å². The Kier molecular flexibility index (Phi) is 5.70. The van der Waals surface area contributed by atoms with E-state index in [2.05, 4.69) is 5.32 Å². The highest BCUT2D eigenvalue weighted by molar-refractivity contribution is 5.96. The number of fused-ring (bicyclic) bond motifs is 1. The Morgan fingerprint density at radius 3 is 2.65 bits per heavy atom.